The average Bonchev–Trinajstić information content (AvgIpc) is 2.31. The van der Waals surface area contributed by atoms with Crippen LogP contribution in [0.5, 0.6) is 0 Å². The molecule has 0 radical (unpaired) electrons. The van der Waals surface area contributed by atoms with Crippen LogP contribution in [0.3, 0.4) is 0 Å². The molecule has 0 saturated carbocycles. The highest BCUT2D eigenvalue weighted by Crippen LogP contribution is 2.21. The van der Waals surface area contributed by atoms with Crippen molar-refractivity contribution in [1.29, 1.82) is 0 Å². The number of halogens is 2. The smallest absolute Gasteiger partial charge is 0.211 e. The molecule has 0 aliphatic rings. The Morgan fingerprint density at radius 2 is 1.65 bits per heavy atom. The van der Waals surface area contributed by atoms with Gasteiger partial charge in [-0.25, -0.2) is 17.5 Å². The van der Waals surface area contributed by atoms with Crippen molar-refractivity contribution in [2.75, 3.05) is 11.9 Å². The normalized spacial score (nSPS) is 11.8. The van der Waals surface area contributed by atoms with Crippen LogP contribution in [0.2, 0.25) is 0 Å². The van der Waals surface area contributed by atoms with Gasteiger partial charge in [-0.2, -0.15) is 0 Å². The molecule has 1 aromatic rings. The Balaban J connectivity index is 2.66. The monoisotopic (exact) mass is 365 g/mol. The van der Waals surface area contributed by atoms with Gasteiger partial charge in [0.05, 0.1) is 4.90 Å². The van der Waals surface area contributed by atoms with E-state index in [1.807, 2.05) is 0 Å². The zero-order chi connectivity index (χ0) is 15.2. The lowest BCUT2D eigenvalue weighted by atomic mass is 10.1. The van der Waals surface area contributed by atoms with E-state index in [0.717, 1.165) is 31.0 Å². The number of unbranched alkanes of at least 4 members (excludes halogenated alkanes) is 3. The number of alkyl halides is 1. The fraction of sp³-hybridized carbons (Fsp3) is 0.571. The first-order chi connectivity index (χ1) is 9.38. The van der Waals surface area contributed by atoms with E-state index in [4.69, 9.17) is 0 Å². The minimum atomic E-state index is -3.56. The predicted molar refractivity (Wildman–Crippen MR) is 83.3 cm³/mol. The quantitative estimate of drug-likeness (QED) is 0.564. The molecule has 6 heteroatoms. The van der Waals surface area contributed by atoms with Crippen LogP contribution < -0.4 is 4.72 Å². The molecule has 0 saturated heterocycles. The van der Waals surface area contributed by atoms with Crippen molar-refractivity contribution in [1.82, 2.24) is 4.72 Å². The van der Waals surface area contributed by atoms with E-state index in [-0.39, 0.29) is 4.90 Å². The van der Waals surface area contributed by atoms with Crippen molar-refractivity contribution in [3.63, 3.8) is 0 Å². The van der Waals surface area contributed by atoms with Gasteiger partial charge in [0.1, 0.15) is 5.82 Å². The first-order valence-corrected chi connectivity index (χ1v) is 9.31. The second-order valence-electron chi connectivity index (χ2n) is 4.87. The molecule has 0 amide bonds. The van der Waals surface area contributed by atoms with Crippen molar-refractivity contribution in [3.05, 3.63) is 29.1 Å². The number of nitrogens with one attached hydrogen (secondary N) is 1. The summed E-state index contributed by atoms with van der Waals surface area (Å²) in [7, 11) is -3.56. The van der Waals surface area contributed by atoms with Gasteiger partial charge >= 0.3 is 0 Å². The third-order valence-electron chi connectivity index (χ3n) is 3.05. The minimum Gasteiger partial charge on any atom is -0.211 e. The lowest BCUT2D eigenvalue weighted by molar-refractivity contribution is 0.571. The van der Waals surface area contributed by atoms with Gasteiger partial charge in [-0.05, 0) is 49.9 Å². The summed E-state index contributed by atoms with van der Waals surface area (Å²) < 4.78 is 40.3. The lowest BCUT2D eigenvalue weighted by Gasteiger charge is -2.12. The van der Waals surface area contributed by atoms with E-state index < -0.39 is 15.8 Å². The standard InChI is InChI=1S/C14H21BrFNO2S/c1-11-9-13(16)10-12(2)14(11)20(18,19)17-8-6-4-3-5-7-15/h9-10,17H,3-8H2,1-2H3. The Kier molecular flexibility index (Phi) is 7.12. The number of hydrogen-bond donors (Lipinski definition) is 1. The highest BCUT2D eigenvalue weighted by atomic mass is 79.9. The Labute approximate surface area is 129 Å². The second-order valence-corrected chi connectivity index (χ2v) is 7.37. The van der Waals surface area contributed by atoms with Crippen LogP contribution in [0.25, 0.3) is 0 Å². The molecule has 3 nitrogen and oxygen atoms in total. The Morgan fingerprint density at radius 3 is 2.20 bits per heavy atom. The summed E-state index contributed by atoms with van der Waals surface area (Å²) >= 11 is 3.36. The largest absolute Gasteiger partial charge is 0.241 e. The highest BCUT2D eigenvalue weighted by Gasteiger charge is 2.19. The summed E-state index contributed by atoms with van der Waals surface area (Å²) in [4.78, 5) is 0.194. The van der Waals surface area contributed by atoms with Crippen LogP contribution in [0.15, 0.2) is 17.0 Å². The molecule has 0 unspecified atom stereocenters. The SMILES string of the molecule is Cc1cc(F)cc(C)c1S(=O)(=O)NCCCCCCBr. The maximum atomic E-state index is 13.2. The molecule has 0 aliphatic carbocycles. The van der Waals surface area contributed by atoms with E-state index in [0.29, 0.717) is 17.7 Å². The van der Waals surface area contributed by atoms with Gasteiger partial charge in [0.25, 0.3) is 0 Å². The van der Waals surface area contributed by atoms with Gasteiger partial charge in [0, 0.05) is 11.9 Å². The first-order valence-electron chi connectivity index (χ1n) is 6.71. The van der Waals surface area contributed by atoms with E-state index in [9.17, 15) is 12.8 Å². The van der Waals surface area contributed by atoms with Crippen LogP contribution in [-0.2, 0) is 10.0 Å². The van der Waals surface area contributed by atoms with Crippen molar-refractivity contribution in [2.45, 2.75) is 44.4 Å². The number of aryl methyl sites for hydroxylation is 2. The van der Waals surface area contributed by atoms with Crippen LogP contribution in [0, 0.1) is 19.7 Å². The summed E-state index contributed by atoms with van der Waals surface area (Å²) in [5.74, 6) is -0.409. The molecule has 1 aromatic carbocycles. The first kappa shape index (κ1) is 17.6. The molecule has 1 N–H and O–H groups in total. The summed E-state index contributed by atoms with van der Waals surface area (Å²) in [5, 5.41) is 0.979. The van der Waals surface area contributed by atoms with Crippen molar-refractivity contribution >= 4 is 26.0 Å². The number of benzene rings is 1. The van der Waals surface area contributed by atoms with Crippen molar-refractivity contribution in [3.8, 4) is 0 Å². The van der Waals surface area contributed by atoms with Crippen LogP contribution >= 0.6 is 15.9 Å². The molecule has 0 fully saturated rings. The maximum Gasteiger partial charge on any atom is 0.241 e. The fourth-order valence-electron chi connectivity index (χ4n) is 2.17. The number of sulfonamides is 1. The molecule has 0 spiro atoms. The second kappa shape index (κ2) is 8.10. The molecule has 0 aromatic heterocycles. The van der Waals surface area contributed by atoms with Gasteiger partial charge < -0.3 is 0 Å². The molecular weight excluding hydrogens is 345 g/mol. The van der Waals surface area contributed by atoms with Crippen molar-refractivity contribution < 1.29 is 12.8 Å². The third-order valence-corrected chi connectivity index (χ3v) is 5.37. The summed E-state index contributed by atoms with van der Waals surface area (Å²) in [6, 6.07) is 2.50. The average molecular weight is 366 g/mol. The highest BCUT2D eigenvalue weighted by molar-refractivity contribution is 9.09. The lowest BCUT2D eigenvalue weighted by Crippen LogP contribution is -2.26. The topological polar surface area (TPSA) is 46.2 Å². The molecule has 20 heavy (non-hydrogen) atoms. The predicted octanol–water partition coefficient (Wildman–Crippen LogP) is 3.68. The zero-order valence-electron chi connectivity index (χ0n) is 11.9. The molecular formula is C14H21BrFNO2S. The van der Waals surface area contributed by atoms with Gasteiger partial charge in [-0.1, -0.05) is 28.8 Å². The Hall–Kier alpha value is -0.460. The van der Waals surface area contributed by atoms with E-state index in [1.54, 1.807) is 13.8 Å². The molecule has 0 atom stereocenters. The van der Waals surface area contributed by atoms with Crippen LogP contribution in [0.4, 0.5) is 4.39 Å². The molecule has 0 aliphatic heterocycles. The summed E-state index contributed by atoms with van der Waals surface area (Å²) in [6.07, 6.45) is 3.99. The molecule has 114 valence electrons. The third kappa shape index (κ3) is 5.14. The van der Waals surface area contributed by atoms with Gasteiger partial charge in [-0.3, -0.25) is 0 Å². The van der Waals surface area contributed by atoms with E-state index >= 15 is 0 Å². The van der Waals surface area contributed by atoms with Crippen LogP contribution in [-0.4, -0.2) is 20.3 Å². The van der Waals surface area contributed by atoms with Gasteiger partial charge in [-0.15, -0.1) is 0 Å². The number of rotatable bonds is 8. The maximum absolute atomic E-state index is 13.2. The molecule has 0 bridgehead atoms. The molecule has 0 heterocycles. The van der Waals surface area contributed by atoms with Crippen LogP contribution in [0.1, 0.15) is 36.8 Å². The summed E-state index contributed by atoms with van der Waals surface area (Å²) in [5.41, 5.74) is 0.878. The minimum absolute atomic E-state index is 0.194. The van der Waals surface area contributed by atoms with Gasteiger partial charge in [0.15, 0.2) is 0 Å². The Morgan fingerprint density at radius 1 is 1.10 bits per heavy atom. The zero-order valence-corrected chi connectivity index (χ0v) is 14.3. The summed E-state index contributed by atoms with van der Waals surface area (Å²) in [6.45, 7) is 3.64. The van der Waals surface area contributed by atoms with Gasteiger partial charge in [0.2, 0.25) is 10.0 Å². The number of hydrogen-bond acceptors (Lipinski definition) is 2. The Bertz CT molecular complexity index is 523. The van der Waals surface area contributed by atoms with E-state index in [2.05, 4.69) is 20.7 Å². The molecule has 1 rings (SSSR count). The van der Waals surface area contributed by atoms with Crippen molar-refractivity contribution in [2.24, 2.45) is 0 Å². The fourth-order valence-corrected chi connectivity index (χ4v) is 4.09. The van der Waals surface area contributed by atoms with E-state index in [1.165, 1.54) is 12.1 Å².